The van der Waals surface area contributed by atoms with Crippen LogP contribution in [0.1, 0.15) is 29.1 Å². The van der Waals surface area contributed by atoms with Gasteiger partial charge in [-0.1, -0.05) is 54.6 Å². The van der Waals surface area contributed by atoms with Crippen molar-refractivity contribution >= 4 is 0 Å². The molecule has 3 atom stereocenters. The zero-order valence-electron chi connectivity index (χ0n) is 11.4. The summed E-state index contributed by atoms with van der Waals surface area (Å²) in [6.07, 6.45) is -0.981. The molecule has 1 heterocycles. The van der Waals surface area contributed by atoms with Gasteiger partial charge in [-0.3, -0.25) is 0 Å². The SMILES string of the molecule is Cc1ccccc1[C@H]1O[C@@H](c2ccccc2)O[C@@H]1CO. The van der Waals surface area contributed by atoms with Crippen molar-refractivity contribution in [1.29, 1.82) is 0 Å². The summed E-state index contributed by atoms with van der Waals surface area (Å²) in [7, 11) is 0. The van der Waals surface area contributed by atoms with Gasteiger partial charge in [-0.05, 0) is 18.1 Å². The molecule has 0 aromatic heterocycles. The lowest BCUT2D eigenvalue weighted by Crippen LogP contribution is -2.20. The van der Waals surface area contributed by atoms with Gasteiger partial charge in [0.2, 0.25) is 0 Å². The predicted molar refractivity (Wildman–Crippen MR) is 76.1 cm³/mol. The van der Waals surface area contributed by atoms with E-state index in [1.807, 2.05) is 61.5 Å². The van der Waals surface area contributed by atoms with Crippen LogP contribution >= 0.6 is 0 Å². The summed E-state index contributed by atoms with van der Waals surface area (Å²) in [6, 6.07) is 17.9. The van der Waals surface area contributed by atoms with E-state index in [1.165, 1.54) is 0 Å². The molecular formula is C17H18O3. The molecule has 20 heavy (non-hydrogen) atoms. The van der Waals surface area contributed by atoms with Crippen molar-refractivity contribution in [2.45, 2.75) is 25.4 Å². The molecule has 3 nitrogen and oxygen atoms in total. The van der Waals surface area contributed by atoms with E-state index in [2.05, 4.69) is 0 Å². The van der Waals surface area contributed by atoms with E-state index < -0.39 is 6.29 Å². The van der Waals surface area contributed by atoms with Crippen LogP contribution < -0.4 is 0 Å². The van der Waals surface area contributed by atoms with Crippen LogP contribution in [0.2, 0.25) is 0 Å². The van der Waals surface area contributed by atoms with Gasteiger partial charge in [-0.25, -0.2) is 0 Å². The van der Waals surface area contributed by atoms with Gasteiger partial charge in [0.1, 0.15) is 12.2 Å². The van der Waals surface area contributed by atoms with Crippen LogP contribution in [-0.2, 0) is 9.47 Å². The molecule has 0 aliphatic carbocycles. The summed E-state index contributed by atoms with van der Waals surface area (Å²) in [5, 5.41) is 9.55. The number of hydrogen-bond acceptors (Lipinski definition) is 3. The summed E-state index contributed by atoms with van der Waals surface area (Å²) in [6.45, 7) is 1.99. The fourth-order valence-corrected chi connectivity index (χ4v) is 2.57. The Hall–Kier alpha value is -1.68. The van der Waals surface area contributed by atoms with E-state index >= 15 is 0 Å². The first-order valence-electron chi connectivity index (χ1n) is 6.82. The molecule has 0 radical (unpaired) electrons. The van der Waals surface area contributed by atoms with Gasteiger partial charge in [0, 0.05) is 5.56 Å². The van der Waals surface area contributed by atoms with Crippen LogP contribution in [0.25, 0.3) is 0 Å². The Labute approximate surface area is 118 Å². The van der Waals surface area contributed by atoms with E-state index in [1.54, 1.807) is 0 Å². The van der Waals surface area contributed by atoms with Gasteiger partial charge in [-0.2, -0.15) is 0 Å². The number of ether oxygens (including phenoxy) is 2. The third-order valence-electron chi connectivity index (χ3n) is 3.65. The minimum atomic E-state index is -0.419. The van der Waals surface area contributed by atoms with Crippen molar-refractivity contribution in [2.24, 2.45) is 0 Å². The lowest BCUT2D eigenvalue weighted by atomic mass is 10.00. The van der Waals surface area contributed by atoms with E-state index in [4.69, 9.17) is 9.47 Å². The van der Waals surface area contributed by atoms with Gasteiger partial charge in [0.05, 0.1) is 6.61 Å². The number of hydrogen-bond donors (Lipinski definition) is 1. The molecule has 1 N–H and O–H groups in total. The van der Waals surface area contributed by atoms with Crippen LogP contribution in [0.3, 0.4) is 0 Å². The molecule has 104 valence electrons. The molecule has 1 aliphatic rings. The minimum Gasteiger partial charge on any atom is -0.394 e. The highest BCUT2D eigenvalue weighted by Gasteiger charge is 2.37. The lowest BCUT2D eigenvalue weighted by Gasteiger charge is -2.16. The van der Waals surface area contributed by atoms with Crippen LogP contribution in [0.15, 0.2) is 54.6 Å². The summed E-state index contributed by atoms with van der Waals surface area (Å²) < 4.78 is 11.9. The van der Waals surface area contributed by atoms with Crippen molar-refractivity contribution in [3.05, 3.63) is 71.3 Å². The highest BCUT2D eigenvalue weighted by molar-refractivity contribution is 5.29. The molecule has 1 fully saturated rings. The Morgan fingerprint density at radius 1 is 0.950 bits per heavy atom. The average Bonchev–Trinajstić information content (AvgIpc) is 2.93. The normalized spacial score (nSPS) is 25.8. The van der Waals surface area contributed by atoms with Crippen LogP contribution in [0, 0.1) is 6.92 Å². The molecule has 0 saturated carbocycles. The van der Waals surface area contributed by atoms with E-state index in [0.717, 1.165) is 16.7 Å². The molecule has 0 spiro atoms. The first kappa shape index (κ1) is 13.3. The van der Waals surface area contributed by atoms with Gasteiger partial charge in [0.15, 0.2) is 6.29 Å². The standard InChI is InChI=1S/C17H18O3/c1-12-7-5-6-10-14(12)16-15(11-18)19-17(20-16)13-8-3-2-4-9-13/h2-10,15-18H,11H2,1H3/t15-,16-,17+/m1/s1. The van der Waals surface area contributed by atoms with E-state index in [9.17, 15) is 5.11 Å². The van der Waals surface area contributed by atoms with E-state index in [0.29, 0.717) is 0 Å². The summed E-state index contributed by atoms with van der Waals surface area (Å²) >= 11 is 0. The summed E-state index contributed by atoms with van der Waals surface area (Å²) in [4.78, 5) is 0. The number of aliphatic hydroxyl groups excluding tert-OH is 1. The molecule has 0 bridgehead atoms. The van der Waals surface area contributed by atoms with Gasteiger partial charge < -0.3 is 14.6 Å². The Morgan fingerprint density at radius 2 is 1.65 bits per heavy atom. The smallest absolute Gasteiger partial charge is 0.185 e. The maximum atomic E-state index is 9.55. The largest absolute Gasteiger partial charge is 0.394 e. The van der Waals surface area contributed by atoms with Gasteiger partial charge >= 0.3 is 0 Å². The second-order valence-corrected chi connectivity index (χ2v) is 5.01. The first-order chi connectivity index (χ1) is 9.79. The van der Waals surface area contributed by atoms with Crippen LogP contribution in [0.5, 0.6) is 0 Å². The molecule has 0 unspecified atom stereocenters. The highest BCUT2D eigenvalue weighted by Crippen LogP contribution is 2.40. The molecule has 1 aliphatic heterocycles. The number of rotatable bonds is 3. The van der Waals surface area contributed by atoms with Crippen LogP contribution in [0.4, 0.5) is 0 Å². The fraction of sp³-hybridized carbons (Fsp3) is 0.294. The maximum absolute atomic E-state index is 9.55. The van der Waals surface area contributed by atoms with Crippen molar-refractivity contribution in [1.82, 2.24) is 0 Å². The summed E-state index contributed by atoms with van der Waals surface area (Å²) in [5.41, 5.74) is 3.19. The summed E-state index contributed by atoms with van der Waals surface area (Å²) in [5.74, 6) is 0. The quantitative estimate of drug-likeness (QED) is 0.931. The second kappa shape index (κ2) is 5.75. The molecule has 2 aromatic carbocycles. The Balaban J connectivity index is 1.87. The molecule has 3 rings (SSSR count). The molecule has 1 saturated heterocycles. The number of aliphatic hydroxyl groups is 1. The average molecular weight is 270 g/mol. The second-order valence-electron chi connectivity index (χ2n) is 5.01. The Morgan fingerprint density at radius 3 is 2.35 bits per heavy atom. The predicted octanol–water partition coefficient (Wildman–Crippen LogP) is 3.14. The molecule has 3 heteroatoms. The van der Waals surface area contributed by atoms with Crippen molar-refractivity contribution < 1.29 is 14.6 Å². The molecule has 2 aromatic rings. The first-order valence-corrected chi connectivity index (χ1v) is 6.82. The monoisotopic (exact) mass is 270 g/mol. The molecular weight excluding hydrogens is 252 g/mol. The van der Waals surface area contributed by atoms with Gasteiger partial charge in [-0.15, -0.1) is 0 Å². The number of aryl methyl sites for hydroxylation is 1. The third kappa shape index (κ3) is 2.48. The zero-order chi connectivity index (χ0) is 13.9. The maximum Gasteiger partial charge on any atom is 0.185 e. The zero-order valence-corrected chi connectivity index (χ0v) is 11.4. The number of benzene rings is 2. The third-order valence-corrected chi connectivity index (χ3v) is 3.65. The highest BCUT2D eigenvalue weighted by atomic mass is 16.7. The van der Waals surface area contributed by atoms with Crippen molar-refractivity contribution in [3.8, 4) is 0 Å². The molecule has 0 amide bonds. The Kier molecular flexibility index (Phi) is 3.83. The Bertz CT molecular complexity index is 567. The van der Waals surface area contributed by atoms with E-state index in [-0.39, 0.29) is 18.8 Å². The van der Waals surface area contributed by atoms with Gasteiger partial charge in [0.25, 0.3) is 0 Å². The lowest BCUT2D eigenvalue weighted by molar-refractivity contribution is -0.0739. The van der Waals surface area contributed by atoms with Crippen molar-refractivity contribution in [3.63, 3.8) is 0 Å². The fourth-order valence-electron chi connectivity index (χ4n) is 2.57. The topological polar surface area (TPSA) is 38.7 Å². The van der Waals surface area contributed by atoms with Crippen molar-refractivity contribution in [2.75, 3.05) is 6.61 Å². The van der Waals surface area contributed by atoms with Crippen LogP contribution in [-0.4, -0.2) is 17.8 Å². The minimum absolute atomic E-state index is 0.0532.